The molecule has 1 fully saturated rings. The maximum atomic E-state index is 4.24. The highest BCUT2D eigenvalue weighted by Crippen LogP contribution is 2.38. The van der Waals surface area contributed by atoms with Crippen molar-refractivity contribution < 1.29 is 0 Å². The van der Waals surface area contributed by atoms with Crippen LogP contribution in [-0.2, 0) is 13.1 Å². The van der Waals surface area contributed by atoms with Gasteiger partial charge in [0.2, 0.25) is 0 Å². The molecular weight excluding hydrogens is 238 g/mol. The molecule has 2 unspecified atom stereocenters. The topological polar surface area (TPSA) is 46.0 Å². The molecule has 0 radical (unpaired) electrons. The lowest BCUT2D eigenvalue weighted by atomic mass is 9.72. The van der Waals surface area contributed by atoms with Crippen LogP contribution in [0.3, 0.4) is 0 Å². The Bertz CT molecular complexity index is 439. The molecule has 2 aliphatic rings. The van der Waals surface area contributed by atoms with Crippen LogP contribution < -0.4 is 5.32 Å². The van der Waals surface area contributed by atoms with E-state index < -0.39 is 0 Å². The number of rotatable bonds is 2. The van der Waals surface area contributed by atoms with Crippen LogP contribution in [0, 0.1) is 5.41 Å². The van der Waals surface area contributed by atoms with Crippen molar-refractivity contribution in [1.82, 2.24) is 25.0 Å². The number of aromatic nitrogens is 3. The van der Waals surface area contributed by atoms with Crippen LogP contribution in [0.1, 0.15) is 38.9 Å². The molecule has 1 aliphatic heterocycles. The van der Waals surface area contributed by atoms with Gasteiger partial charge in [-0.2, -0.15) is 0 Å². The second-order valence-electron chi connectivity index (χ2n) is 6.78. The summed E-state index contributed by atoms with van der Waals surface area (Å²) in [5.74, 6) is 1.12. The quantitative estimate of drug-likeness (QED) is 0.872. The first kappa shape index (κ1) is 13.1. The Balaban J connectivity index is 1.76. The zero-order valence-electron chi connectivity index (χ0n) is 12.3. The standard InChI is InChI=1S/C14H25N5/c1-14(2)5-4-11(15-3)12(8-14)18-6-7-19-10-16-17-13(19)9-18/h10-12,15H,4-9H2,1-3H3. The molecule has 5 nitrogen and oxygen atoms in total. The summed E-state index contributed by atoms with van der Waals surface area (Å²) in [7, 11) is 2.10. The molecule has 1 aliphatic carbocycles. The average Bonchev–Trinajstić information content (AvgIpc) is 2.85. The maximum Gasteiger partial charge on any atom is 0.147 e. The first-order valence-corrected chi connectivity index (χ1v) is 7.37. The largest absolute Gasteiger partial charge is 0.315 e. The zero-order chi connectivity index (χ0) is 13.5. The van der Waals surface area contributed by atoms with Crippen molar-refractivity contribution in [3.63, 3.8) is 0 Å². The molecule has 3 rings (SSSR count). The van der Waals surface area contributed by atoms with Crippen LogP contribution in [0.5, 0.6) is 0 Å². The van der Waals surface area contributed by atoms with Gasteiger partial charge in [-0.3, -0.25) is 4.90 Å². The highest BCUT2D eigenvalue weighted by molar-refractivity contribution is 4.98. The van der Waals surface area contributed by atoms with E-state index in [1.807, 2.05) is 6.33 Å². The highest BCUT2D eigenvalue weighted by Gasteiger charge is 2.38. The molecule has 0 spiro atoms. The number of likely N-dealkylation sites (N-methyl/N-ethyl adjacent to an activating group) is 1. The van der Waals surface area contributed by atoms with E-state index in [4.69, 9.17) is 0 Å². The van der Waals surface area contributed by atoms with Gasteiger partial charge in [0.15, 0.2) is 0 Å². The minimum Gasteiger partial charge on any atom is -0.315 e. The first-order valence-electron chi connectivity index (χ1n) is 7.37. The zero-order valence-corrected chi connectivity index (χ0v) is 12.3. The van der Waals surface area contributed by atoms with E-state index in [9.17, 15) is 0 Å². The summed E-state index contributed by atoms with van der Waals surface area (Å²) in [6.45, 7) is 7.88. The summed E-state index contributed by atoms with van der Waals surface area (Å²) in [6, 6.07) is 1.24. The van der Waals surface area contributed by atoms with E-state index in [0.29, 0.717) is 17.5 Å². The van der Waals surface area contributed by atoms with Crippen molar-refractivity contribution in [1.29, 1.82) is 0 Å². The fourth-order valence-electron chi connectivity index (χ4n) is 3.64. The van der Waals surface area contributed by atoms with Crippen LogP contribution in [0.15, 0.2) is 6.33 Å². The summed E-state index contributed by atoms with van der Waals surface area (Å²) < 4.78 is 2.18. The second-order valence-corrected chi connectivity index (χ2v) is 6.78. The Morgan fingerprint density at radius 1 is 1.37 bits per heavy atom. The van der Waals surface area contributed by atoms with Gasteiger partial charge < -0.3 is 9.88 Å². The molecule has 1 N–H and O–H groups in total. The predicted molar refractivity (Wildman–Crippen MR) is 74.7 cm³/mol. The van der Waals surface area contributed by atoms with Crippen molar-refractivity contribution in [2.75, 3.05) is 13.6 Å². The Morgan fingerprint density at radius 2 is 2.21 bits per heavy atom. The van der Waals surface area contributed by atoms with Gasteiger partial charge in [0.1, 0.15) is 12.2 Å². The molecule has 2 heterocycles. The van der Waals surface area contributed by atoms with Gasteiger partial charge in [-0.1, -0.05) is 13.8 Å². The monoisotopic (exact) mass is 263 g/mol. The third kappa shape index (κ3) is 2.54. The van der Waals surface area contributed by atoms with E-state index in [1.165, 1.54) is 19.3 Å². The molecule has 2 atom stereocenters. The van der Waals surface area contributed by atoms with Crippen molar-refractivity contribution in [3.05, 3.63) is 12.2 Å². The summed E-state index contributed by atoms with van der Waals surface area (Å²) >= 11 is 0. The van der Waals surface area contributed by atoms with E-state index in [2.05, 4.69) is 45.9 Å². The lowest BCUT2D eigenvalue weighted by Crippen LogP contribution is -2.55. The maximum absolute atomic E-state index is 4.24. The number of nitrogens with zero attached hydrogens (tertiary/aromatic N) is 4. The lowest BCUT2D eigenvalue weighted by molar-refractivity contribution is 0.0485. The van der Waals surface area contributed by atoms with Gasteiger partial charge >= 0.3 is 0 Å². The first-order chi connectivity index (χ1) is 9.09. The molecule has 1 saturated carbocycles. The van der Waals surface area contributed by atoms with E-state index in [-0.39, 0.29) is 0 Å². The summed E-state index contributed by atoms with van der Waals surface area (Å²) in [5, 5.41) is 11.8. The molecular formula is C14H25N5. The fourth-order valence-corrected chi connectivity index (χ4v) is 3.64. The number of hydrogen-bond acceptors (Lipinski definition) is 4. The molecule has 19 heavy (non-hydrogen) atoms. The Labute approximate surface area is 115 Å². The SMILES string of the molecule is CNC1CCC(C)(C)CC1N1CCn2cnnc2C1. The van der Waals surface area contributed by atoms with E-state index in [1.54, 1.807) is 0 Å². The minimum absolute atomic E-state index is 0.461. The molecule has 0 saturated heterocycles. The average molecular weight is 263 g/mol. The summed E-state index contributed by atoms with van der Waals surface area (Å²) in [4.78, 5) is 2.60. The van der Waals surface area contributed by atoms with Crippen LogP contribution >= 0.6 is 0 Å². The van der Waals surface area contributed by atoms with Crippen molar-refractivity contribution in [2.24, 2.45) is 5.41 Å². The fraction of sp³-hybridized carbons (Fsp3) is 0.857. The lowest BCUT2D eigenvalue weighted by Gasteiger charge is -2.46. The van der Waals surface area contributed by atoms with Gasteiger partial charge in [0.05, 0.1) is 6.54 Å². The molecule has 5 heteroatoms. The van der Waals surface area contributed by atoms with Gasteiger partial charge in [-0.25, -0.2) is 0 Å². The van der Waals surface area contributed by atoms with Gasteiger partial charge in [-0.05, 0) is 31.7 Å². The van der Waals surface area contributed by atoms with Crippen LogP contribution in [0.4, 0.5) is 0 Å². The van der Waals surface area contributed by atoms with E-state index >= 15 is 0 Å². The van der Waals surface area contributed by atoms with Gasteiger partial charge in [0, 0.05) is 25.2 Å². The number of hydrogen-bond donors (Lipinski definition) is 1. The van der Waals surface area contributed by atoms with Gasteiger partial charge in [-0.15, -0.1) is 10.2 Å². The van der Waals surface area contributed by atoms with Gasteiger partial charge in [0.25, 0.3) is 0 Å². The Hall–Kier alpha value is -0.940. The number of fused-ring (bicyclic) bond motifs is 1. The smallest absolute Gasteiger partial charge is 0.147 e. The predicted octanol–water partition coefficient (Wildman–Crippen LogP) is 1.26. The van der Waals surface area contributed by atoms with Crippen LogP contribution in [0.25, 0.3) is 0 Å². The Kier molecular flexibility index (Phi) is 3.35. The summed E-state index contributed by atoms with van der Waals surface area (Å²) in [6.07, 6.45) is 5.72. The molecule has 0 aromatic carbocycles. The van der Waals surface area contributed by atoms with Crippen LogP contribution in [0.2, 0.25) is 0 Å². The van der Waals surface area contributed by atoms with Crippen molar-refractivity contribution >= 4 is 0 Å². The molecule has 0 amide bonds. The van der Waals surface area contributed by atoms with Crippen LogP contribution in [-0.4, -0.2) is 45.3 Å². The minimum atomic E-state index is 0.461. The third-order valence-electron chi connectivity index (χ3n) is 4.87. The highest BCUT2D eigenvalue weighted by atomic mass is 15.3. The molecule has 1 aromatic heterocycles. The molecule has 1 aromatic rings. The van der Waals surface area contributed by atoms with Crippen molar-refractivity contribution in [2.45, 2.75) is 58.3 Å². The third-order valence-corrected chi connectivity index (χ3v) is 4.87. The Morgan fingerprint density at radius 3 is 3.00 bits per heavy atom. The summed E-state index contributed by atoms with van der Waals surface area (Å²) in [5.41, 5.74) is 0.461. The molecule has 0 bridgehead atoms. The number of nitrogens with one attached hydrogen (secondary N) is 1. The second kappa shape index (κ2) is 4.87. The van der Waals surface area contributed by atoms with E-state index in [0.717, 1.165) is 25.5 Å². The molecule has 106 valence electrons. The normalized spacial score (nSPS) is 31.1. The van der Waals surface area contributed by atoms with Crippen molar-refractivity contribution in [3.8, 4) is 0 Å².